The summed E-state index contributed by atoms with van der Waals surface area (Å²) in [4.78, 5) is 0. The van der Waals surface area contributed by atoms with Crippen molar-refractivity contribution < 1.29 is 8.42 Å². The number of hydrogen-bond donors (Lipinski definition) is 1. The predicted molar refractivity (Wildman–Crippen MR) is 75.7 cm³/mol. The molecule has 0 aromatic carbocycles. The molecule has 0 saturated carbocycles. The first-order valence-corrected chi connectivity index (χ1v) is 8.66. The molecule has 1 N–H and O–H groups in total. The maximum absolute atomic E-state index is 11.6. The third kappa shape index (κ3) is 3.79. The van der Waals surface area contributed by atoms with Crippen LogP contribution >= 0.6 is 0 Å². The minimum absolute atomic E-state index is 0.311. The van der Waals surface area contributed by atoms with Gasteiger partial charge in [-0.1, -0.05) is 0 Å². The molecular formula is C13H23N3O2S. The van der Waals surface area contributed by atoms with Crippen molar-refractivity contribution in [1.29, 1.82) is 0 Å². The lowest BCUT2D eigenvalue weighted by Gasteiger charge is -2.22. The third-order valence-corrected chi connectivity index (χ3v) is 5.89. The predicted octanol–water partition coefficient (Wildman–Crippen LogP) is 0.623. The van der Waals surface area contributed by atoms with Crippen LogP contribution in [0, 0.1) is 11.8 Å². The minimum atomic E-state index is -2.78. The van der Waals surface area contributed by atoms with Gasteiger partial charge in [0.1, 0.15) is 0 Å². The molecule has 0 radical (unpaired) electrons. The molecular weight excluding hydrogens is 262 g/mol. The monoisotopic (exact) mass is 285 g/mol. The summed E-state index contributed by atoms with van der Waals surface area (Å²) in [5.74, 6) is 1.47. The Labute approximate surface area is 115 Å². The van der Waals surface area contributed by atoms with Crippen molar-refractivity contribution in [2.24, 2.45) is 18.9 Å². The number of aryl methyl sites for hydroxylation is 2. The Hall–Kier alpha value is -0.880. The Balaban J connectivity index is 1.95. The molecule has 5 nitrogen and oxygen atoms in total. The Morgan fingerprint density at radius 3 is 2.89 bits per heavy atom. The van der Waals surface area contributed by atoms with Gasteiger partial charge in [0, 0.05) is 18.9 Å². The molecule has 2 rings (SSSR count). The van der Waals surface area contributed by atoms with E-state index in [-0.39, 0.29) is 0 Å². The first-order chi connectivity index (χ1) is 9.02. The number of rotatable bonds is 6. The quantitative estimate of drug-likeness (QED) is 0.832. The number of nitrogens with zero attached hydrogens (tertiary/aromatic N) is 2. The minimum Gasteiger partial charge on any atom is -0.319 e. The maximum Gasteiger partial charge on any atom is 0.150 e. The van der Waals surface area contributed by atoms with Crippen LogP contribution in [0.4, 0.5) is 0 Å². The summed E-state index contributed by atoms with van der Waals surface area (Å²) < 4.78 is 25.1. The van der Waals surface area contributed by atoms with Gasteiger partial charge in [0.15, 0.2) is 9.84 Å². The molecule has 1 aliphatic heterocycles. The largest absolute Gasteiger partial charge is 0.319 e. The second-order valence-corrected chi connectivity index (χ2v) is 7.69. The van der Waals surface area contributed by atoms with E-state index in [1.165, 1.54) is 5.69 Å². The number of hydrogen-bond acceptors (Lipinski definition) is 4. The highest BCUT2D eigenvalue weighted by atomic mass is 32.2. The van der Waals surface area contributed by atoms with Gasteiger partial charge in [0.05, 0.1) is 11.5 Å². The van der Waals surface area contributed by atoms with E-state index in [4.69, 9.17) is 0 Å². The molecule has 0 spiro atoms. The van der Waals surface area contributed by atoms with Crippen molar-refractivity contribution in [1.82, 2.24) is 15.1 Å². The van der Waals surface area contributed by atoms with Gasteiger partial charge in [0.25, 0.3) is 0 Å². The van der Waals surface area contributed by atoms with E-state index < -0.39 is 9.84 Å². The first-order valence-electron chi connectivity index (χ1n) is 6.84. The van der Waals surface area contributed by atoms with E-state index in [0.717, 1.165) is 25.8 Å². The SMILES string of the molecule is CNCC(CCc1ccnn1C)C1CCS(=O)(=O)C1. The maximum atomic E-state index is 11.6. The molecule has 2 unspecified atom stereocenters. The van der Waals surface area contributed by atoms with Gasteiger partial charge in [0.2, 0.25) is 0 Å². The number of nitrogens with one attached hydrogen (secondary N) is 1. The van der Waals surface area contributed by atoms with Crippen molar-refractivity contribution in [3.05, 3.63) is 18.0 Å². The average Bonchev–Trinajstić information content (AvgIpc) is 2.91. The summed E-state index contributed by atoms with van der Waals surface area (Å²) in [7, 11) is 1.09. The van der Waals surface area contributed by atoms with Gasteiger partial charge in [-0.15, -0.1) is 0 Å². The standard InChI is InChI=1S/C13H23N3O2S/c1-14-9-11(12-6-8-19(17,18)10-12)3-4-13-5-7-15-16(13)2/h5,7,11-12,14H,3-4,6,8-10H2,1-2H3. The summed E-state index contributed by atoms with van der Waals surface area (Å²) in [5, 5.41) is 7.37. The molecule has 0 aliphatic carbocycles. The van der Waals surface area contributed by atoms with Crippen LogP contribution in [-0.2, 0) is 23.3 Å². The number of sulfone groups is 1. The van der Waals surface area contributed by atoms with Crippen LogP contribution in [0.3, 0.4) is 0 Å². The Morgan fingerprint density at radius 2 is 2.37 bits per heavy atom. The summed E-state index contributed by atoms with van der Waals surface area (Å²) in [5.41, 5.74) is 1.21. The summed E-state index contributed by atoms with van der Waals surface area (Å²) in [6.07, 6.45) is 4.60. The van der Waals surface area contributed by atoms with Crippen molar-refractivity contribution in [3.8, 4) is 0 Å². The van der Waals surface area contributed by atoms with Gasteiger partial charge in [-0.3, -0.25) is 4.68 Å². The van der Waals surface area contributed by atoms with E-state index in [0.29, 0.717) is 23.3 Å². The van der Waals surface area contributed by atoms with E-state index in [9.17, 15) is 8.42 Å². The van der Waals surface area contributed by atoms with Crippen LogP contribution in [0.25, 0.3) is 0 Å². The van der Waals surface area contributed by atoms with E-state index in [2.05, 4.69) is 10.4 Å². The molecule has 108 valence electrons. The zero-order valence-electron chi connectivity index (χ0n) is 11.7. The third-order valence-electron chi connectivity index (χ3n) is 4.09. The van der Waals surface area contributed by atoms with Crippen LogP contribution in [0.1, 0.15) is 18.5 Å². The zero-order valence-corrected chi connectivity index (χ0v) is 12.5. The normalized spacial score (nSPS) is 23.6. The Kier molecular flexibility index (Phi) is 4.62. The second kappa shape index (κ2) is 6.05. The van der Waals surface area contributed by atoms with E-state index in [1.54, 1.807) is 0 Å². The first kappa shape index (κ1) is 14.5. The summed E-state index contributed by atoms with van der Waals surface area (Å²) in [6, 6.07) is 2.03. The molecule has 19 heavy (non-hydrogen) atoms. The smallest absolute Gasteiger partial charge is 0.150 e. The Morgan fingerprint density at radius 1 is 1.58 bits per heavy atom. The lowest BCUT2D eigenvalue weighted by atomic mass is 9.87. The van der Waals surface area contributed by atoms with Gasteiger partial charge >= 0.3 is 0 Å². The average molecular weight is 285 g/mol. The highest BCUT2D eigenvalue weighted by molar-refractivity contribution is 7.91. The fourth-order valence-electron chi connectivity index (χ4n) is 2.94. The topological polar surface area (TPSA) is 64.0 Å². The Bertz CT molecular complexity index is 510. The van der Waals surface area contributed by atoms with Crippen LogP contribution < -0.4 is 5.32 Å². The van der Waals surface area contributed by atoms with Crippen molar-refractivity contribution >= 4 is 9.84 Å². The molecule has 6 heteroatoms. The molecule has 2 heterocycles. The van der Waals surface area contributed by atoms with Crippen LogP contribution in [-0.4, -0.2) is 43.3 Å². The highest BCUT2D eigenvalue weighted by Gasteiger charge is 2.33. The zero-order chi connectivity index (χ0) is 13.9. The van der Waals surface area contributed by atoms with Crippen LogP contribution in [0.2, 0.25) is 0 Å². The molecule has 1 aromatic heterocycles. The molecule has 0 bridgehead atoms. The van der Waals surface area contributed by atoms with E-state index in [1.807, 2.05) is 31.0 Å². The van der Waals surface area contributed by atoms with Crippen molar-refractivity contribution in [3.63, 3.8) is 0 Å². The summed E-state index contributed by atoms with van der Waals surface area (Å²) >= 11 is 0. The second-order valence-electron chi connectivity index (χ2n) is 5.47. The van der Waals surface area contributed by atoms with Crippen molar-refractivity contribution in [2.45, 2.75) is 19.3 Å². The lowest BCUT2D eigenvalue weighted by molar-refractivity contribution is 0.330. The van der Waals surface area contributed by atoms with E-state index >= 15 is 0 Å². The van der Waals surface area contributed by atoms with Gasteiger partial charge in [-0.25, -0.2) is 8.42 Å². The fourth-order valence-corrected chi connectivity index (χ4v) is 4.86. The van der Waals surface area contributed by atoms with Gasteiger partial charge < -0.3 is 5.32 Å². The van der Waals surface area contributed by atoms with Crippen LogP contribution in [0.15, 0.2) is 12.3 Å². The van der Waals surface area contributed by atoms with Crippen molar-refractivity contribution in [2.75, 3.05) is 25.1 Å². The van der Waals surface area contributed by atoms with Gasteiger partial charge in [-0.2, -0.15) is 5.10 Å². The summed E-state index contributed by atoms with van der Waals surface area (Å²) in [6.45, 7) is 0.887. The number of aromatic nitrogens is 2. The van der Waals surface area contributed by atoms with Crippen LogP contribution in [0.5, 0.6) is 0 Å². The lowest BCUT2D eigenvalue weighted by Crippen LogP contribution is -2.27. The molecule has 2 atom stereocenters. The molecule has 1 aromatic rings. The molecule has 1 fully saturated rings. The fraction of sp³-hybridized carbons (Fsp3) is 0.769. The highest BCUT2D eigenvalue weighted by Crippen LogP contribution is 2.28. The molecule has 1 saturated heterocycles. The molecule has 1 aliphatic rings. The molecule has 0 amide bonds. The van der Waals surface area contributed by atoms with Gasteiger partial charge in [-0.05, 0) is 50.8 Å².